The van der Waals surface area contributed by atoms with Gasteiger partial charge in [0.05, 0.1) is 5.92 Å². The summed E-state index contributed by atoms with van der Waals surface area (Å²) in [4.78, 5) is 10.7. The van der Waals surface area contributed by atoms with Gasteiger partial charge >= 0.3 is 5.97 Å². The van der Waals surface area contributed by atoms with Crippen molar-refractivity contribution in [1.82, 2.24) is 14.8 Å². The lowest BCUT2D eigenvalue weighted by Crippen LogP contribution is -2.14. The number of carbonyl (C=O) groups is 1. The third-order valence-corrected chi connectivity index (χ3v) is 2.48. The number of carboxylic acid groups (broad SMARTS) is 1. The maximum absolute atomic E-state index is 10.7. The molecule has 1 unspecified atom stereocenters. The van der Waals surface area contributed by atoms with Gasteiger partial charge in [0, 0.05) is 13.0 Å². The Hall–Kier alpha value is -1.10. The molecule has 0 fully saturated rings. The number of fused-ring (bicyclic) bond motifs is 1. The molecule has 14 heavy (non-hydrogen) atoms. The van der Waals surface area contributed by atoms with Gasteiger partial charge in [-0.2, -0.15) is 0 Å². The van der Waals surface area contributed by atoms with Gasteiger partial charge < -0.3 is 9.67 Å². The van der Waals surface area contributed by atoms with Crippen molar-refractivity contribution >= 4 is 18.4 Å². The predicted molar refractivity (Wildman–Crippen MR) is 51.3 cm³/mol. The van der Waals surface area contributed by atoms with Crippen LogP contribution in [0.4, 0.5) is 0 Å². The fraction of sp³-hybridized carbons (Fsp3) is 0.625. The van der Waals surface area contributed by atoms with Crippen LogP contribution in [-0.2, 0) is 17.8 Å². The van der Waals surface area contributed by atoms with E-state index >= 15 is 0 Å². The number of rotatable bonds is 1. The van der Waals surface area contributed by atoms with Crippen LogP contribution in [0.1, 0.15) is 18.7 Å². The van der Waals surface area contributed by atoms with E-state index in [1.54, 1.807) is 6.33 Å². The first-order valence-corrected chi connectivity index (χ1v) is 4.37. The van der Waals surface area contributed by atoms with Crippen molar-refractivity contribution in [2.75, 3.05) is 0 Å². The largest absolute Gasteiger partial charge is 0.481 e. The number of nitrogens with zero attached hydrogens (tertiary/aromatic N) is 3. The number of aliphatic carboxylic acids is 1. The van der Waals surface area contributed by atoms with Crippen molar-refractivity contribution in [2.45, 2.75) is 25.8 Å². The summed E-state index contributed by atoms with van der Waals surface area (Å²) in [6.45, 7) is 0.722. The van der Waals surface area contributed by atoms with Gasteiger partial charge in [-0.15, -0.1) is 22.6 Å². The van der Waals surface area contributed by atoms with Crippen molar-refractivity contribution in [3.63, 3.8) is 0 Å². The zero-order valence-corrected chi connectivity index (χ0v) is 8.40. The summed E-state index contributed by atoms with van der Waals surface area (Å²) < 4.78 is 1.93. The summed E-state index contributed by atoms with van der Waals surface area (Å²) in [6, 6.07) is 0. The molecule has 1 aromatic heterocycles. The summed E-state index contributed by atoms with van der Waals surface area (Å²) in [5.74, 6) is -0.0100. The zero-order valence-electron chi connectivity index (χ0n) is 7.59. The highest BCUT2D eigenvalue weighted by Crippen LogP contribution is 2.18. The van der Waals surface area contributed by atoms with E-state index in [0.29, 0.717) is 12.8 Å². The van der Waals surface area contributed by atoms with Crippen molar-refractivity contribution in [3.05, 3.63) is 12.2 Å². The fourth-order valence-corrected chi connectivity index (χ4v) is 1.65. The van der Waals surface area contributed by atoms with Crippen LogP contribution in [0, 0.1) is 5.92 Å². The number of aromatic nitrogens is 3. The number of carboxylic acids is 1. The molecule has 2 rings (SSSR count). The van der Waals surface area contributed by atoms with E-state index in [-0.39, 0.29) is 18.3 Å². The lowest BCUT2D eigenvalue weighted by Gasteiger charge is -2.05. The quantitative estimate of drug-likeness (QED) is 0.753. The standard InChI is InChI=1S/C8H11N3O2.ClH/c12-8(13)6-1-2-7-10-9-5-11(7)4-3-6;/h5-6H,1-4H2,(H,12,13);1H. The Labute approximate surface area is 87.6 Å². The van der Waals surface area contributed by atoms with Gasteiger partial charge in [0.1, 0.15) is 12.2 Å². The van der Waals surface area contributed by atoms with E-state index in [9.17, 15) is 4.79 Å². The smallest absolute Gasteiger partial charge is 0.306 e. The normalized spacial score (nSPS) is 20.4. The number of aryl methyl sites for hydroxylation is 2. The van der Waals surface area contributed by atoms with Crippen molar-refractivity contribution in [2.24, 2.45) is 5.92 Å². The van der Waals surface area contributed by atoms with Crippen molar-refractivity contribution < 1.29 is 9.90 Å². The van der Waals surface area contributed by atoms with E-state index in [0.717, 1.165) is 18.8 Å². The number of halogens is 1. The minimum atomic E-state index is -0.696. The minimum absolute atomic E-state index is 0. The Balaban J connectivity index is 0.000000980. The fourth-order valence-electron chi connectivity index (χ4n) is 1.65. The van der Waals surface area contributed by atoms with Gasteiger partial charge in [-0.25, -0.2) is 0 Å². The highest BCUT2D eigenvalue weighted by molar-refractivity contribution is 5.85. The summed E-state index contributed by atoms with van der Waals surface area (Å²) in [7, 11) is 0. The summed E-state index contributed by atoms with van der Waals surface area (Å²) in [5.41, 5.74) is 0. The van der Waals surface area contributed by atoms with E-state index in [4.69, 9.17) is 5.11 Å². The SMILES string of the molecule is Cl.O=C(O)C1CCc2nncn2CC1. The molecule has 0 bridgehead atoms. The van der Waals surface area contributed by atoms with Gasteiger partial charge in [0.2, 0.25) is 0 Å². The maximum atomic E-state index is 10.7. The molecule has 6 heteroatoms. The van der Waals surface area contributed by atoms with Gasteiger partial charge in [0.25, 0.3) is 0 Å². The monoisotopic (exact) mass is 217 g/mol. The van der Waals surface area contributed by atoms with E-state index < -0.39 is 5.97 Å². The molecule has 0 saturated heterocycles. The Morgan fingerprint density at radius 3 is 3.07 bits per heavy atom. The molecule has 0 amide bonds. The second kappa shape index (κ2) is 4.41. The Bertz CT molecular complexity index is 304. The average Bonchev–Trinajstić information content (AvgIpc) is 2.44. The molecule has 1 atom stereocenters. The number of hydrogen-bond acceptors (Lipinski definition) is 3. The van der Waals surface area contributed by atoms with Crippen LogP contribution in [0.5, 0.6) is 0 Å². The minimum Gasteiger partial charge on any atom is -0.481 e. The molecule has 2 heterocycles. The molecule has 5 nitrogen and oxygen atoms in total. The van der Waals surface area contributed by atoms with Crippen LogP contribution in [0.2, 0.25) is 0 Å². The van der Waals surface area contributed by atoms with E-state index in [1.165, 1.54) is 0 Å². The molecule has 1 aromatic rings. The molecular weight excluding hydrogens is 206 g/mol. The molecule has 1 aliphatic heterocycles. The molecule has 0 aliphatic carbocycles. The van der Waals surface area contributed by atoms with Crippen LogP contribution < -0.4 is 0 Å². The van der Waals surface area contributed by atoms with Gasteiger partial charge in [-0.05, 0) is 12.8 Å². The Morgan fingerprint density at radius 2 is 2.36 bits per heavy atom. The first-order valence-electron chi connectivity index (χ1n) is 4.37. The van der Waals surface area contributed by atoms with Crippen LogP contribution in [-0.4, -0.2) is 25.8 Å². The maximum Gasteiger partial charge on any atom is 0.306 e. The lowest BCUT2D eigenvalue weighted by atomic mass is 10.0. The highest BCUT2D eigenvalue weighted by Gasteiger charge is 2.22. The van der Waals surface area contributed by atoms with E-state index in [2.05, 4.69) is 10.2 Å². The van der Waals surface area contributed by atoms with Crippen LogP contribution in [0.3, 0.4) is 0 Å². The molecule has 1 N–H and O–H groups in total. The molecule has 78 valence electrons. The molecule has 0 saturated carbocycles. The third-order valence-electron chi connectivity index (χ3n) is 2.48. The summed E-state index contributed by atoms with van der Waals surface area (Å²) >= 11 is 0. The van der Waals surface area contributed by atoms with Gasteiger partial charge in [-0.1, -0.05) is 0 Å². The predicted octanol–water partition coefficient (Wildman–Crippen LogP) is 0.737. The van der Waals surface area contributed by atoms with Gasteiger partial charge in [-0.3, -0.25) is 4.79 Å². The Kier molecular flexibility index (Phi) is 3.46. The molecule has 0 radical (unpaired) electrons. The first kappa shape index (κ1) is 11.0. The molecule has 0 aromatic carbocycles. The van der Waals surface area contributed by atoms with Crippen LogP contribution >= 0.6 is 12.4 Å². The Morgan fingerprint density at radius 1 is 1.57 bits per heavy atom. The summed E-state index contributed by atoms with van der Waals surface area (Å²) in [6.07, 6.45) is 3.74. The topological polar surface area (TPSA) is 68.0 Å². The van der Waals surface area contributed by atoms with Crippen LogP contribution in [0.25, 0.3) is 0 Å². The van der Waals surface area contributed by atoms with Crippen molar-refractivity contribution in [1.29, 1.82) is 0 Å². The van der Waals surface area contributed by atoms with Gasteiger partial charge in [0.15, 0.2) is 0 Å². The highest BCUT2D eigenvalue weighted by atomic mass is 35.5. The van der Waals surface area contributed by atoms with Crippen molar-refractivity contribution in [3.8, 4) is 0 Å². The second-order valence-electron chi connectivity index (χ2n) is 3.30. The third kappa shape index (κ3) is 2.04. The molecular formula is C8H12ClN3O2. The summed E-state index contributed by atoms with van der Waals surface area (Å²) in [5, 5.41) is 16.5. The molecule has 0 spiro atoms. The second-order valence-corrected chi connectivity index (χ2v) is 3.30. The lowest BCUT2D eigenvalue weighted by molar-refractivity contribution is -0.142. The number of hydrogen-bond donors (Lipinski definition) is 1. The average molecular weight is 218 g/mol. The molecule has 1 aliphatic rings. The first-order chi connectivity index (χ1) is 6.27. The van der Waals surface area contributed by atoms with Crippen LogP contribution in [0.15, 0.2) is 6.33 Å². The van der Waals surface area contributed by atoms with E-state index in [1.807, 2.05) is 4.57 Å². The zero-order chi connectivity index (χ0) is 9.26.